The fourth-order valence-corrected chi connectivity index (χ4v) is 4.32. The van der Waals surface area contributed by atoms with Crippen LogP contribution in [0.15, 0.2) is 40.6 Å². The molecule has 0 radical (unpaired) electrons. The van der Waals surface area contributed by atoms with Gasteiger partial charge in [-0.25, -0.2) is 0 Å². The SMILES string of the molecule is Cc1cccc(N2C(=O)C(=Cc3sccc3C)SC2=S)c1. The Kier molecular flexibility index (Phi) is 3.97. The molecular weight excluding hydrogens is 318 g/mol. The summed E-state index contributed by atoms with van der Waals surface area (Å²) in [6, 6.07) is 9.89. The second-order valence-electron chi connectivity index (χ2n) is 4.82. The molecule has 3 rings (SSSR count). The Morgan fingerprint density at radius 3 is 2.71 bits per heavy atom. The van der Waals surface area contributed by atoms with Crippen LogP contribution in [0.5, 0.6) is 0 Å². The highest BCUT2D eigenvalue weighted by Crippen LogP contribution is 2.37. The molecule has 2 nitrogen and oxygen atoms in total. The van der Waals surface area contributed by atoms with Crippen LogP contribution in [0.1, 0.15) is 16.0 Å². The van der Waals surface area contributed by atoms with Gasteiger partial charge in [0.15, 0.2) is 4.32 Å². The number of rotatable bonds is 2. The van der Waals surface area contributed by atoms with Crippen molar-refractivity contribution in [3.8, 4) is 0 Å². The maximum Gasteiger partial charge on any atom is 0.270 e. The van der Waals surface area contributed by atoms with E-state index in [2.05, 4.69) is 6.07 Å². The third-order valence-corrected chi connectivity index (χ3v) is 5.49. The number of thiophene rings is 1. The van der Waals surface area contributed by atoms with Crippen molar-refractivity contribution < 1.29 is 4.79 Å². The van der Waals surface area contributed by atoms with Crippen molar-refractivity contribution in [3.63, 3.8) is 0 Å². The Hall–Kier alpha value is -1.43. The molecule has 0 N–H and O–H groups in total. The van der Waals surface area contributed by atoms with Crippen LogP contribution in [0.4, 0.5) is 5.69 Å². The number of aryl methyl sites for hydroxylation is 2. The lowest BCUT2D eigenvalue weighted by molar-refractivity contribution is -0.113. The number of nitrogens with zero attached hydrogens (tertiary/aromatic N) is 1. The third kappa shape index (κ3) is 2.81. The molecule has 1 aromatic carbocycles. The van der Waals surface area contributed by atoms with Gasteiger partial charge in [-0.1, -0.05) is 36.1 Å². The van der Waals surface area contributed by atoms with Gasteiger partial charge in [0.1, 0.15) is 0 Å². The van der Waals surface area contributed by atoms with Crippen LogP contribution in [0, 0.1) is 13.8 Å². The highest BCUT2D eigenvalue weighted by Gasteiger charge is 2.33. The van der Waals surface area contributed by atoms with Gasteiger partial charge in [-0.15, -0.1) is 11.3 Å². The number of carbonyl (C=O) groups excluding carboxylic acids is 1. The summed E-state index contributed by atoms with van der Waals surface area (Å²) in [5.74, 6) is -0.0385. The van der Waals surface area contributed by atoms with E-state index in [1.807, 2.05) is 49.6 Å². The maximum absolute atomic E-state index is 12.6. The topological polar surface area (TPSA) is 20.3 Å². The molecule has 0 spiro atoms. The van der Waals surface area contributed by atoms with E-state index < -0.39 is 0 Å². The summed E-state index contributed by atoms with van der Waals surface area (Å²) in [5.41, 5.74) is 3.13. The van der Waals surface area contributed by atoms with Crippen molar-refractivity contribution in [1.29, 1.82) is 0 Å². The lowest BCUT2D eigenvalue weighted by Crippen LogP contribution is -2.27. The monoisotopic (exact) mass is 331 g/mol. The quantitative estimate of drug-likeness (QED) is 0.584. The number of hydrogen-bond acceptors (Lipinski definition) is 4. The van der Waals surface area contributed by atoms with Gasteiger partial charge in [0, 0.05) is 4.88 Å². The standard InChI is InChI=1S/C16H13NOS3/c1-10-4-3-5-12(8-10)17-15(18)14(21-16(17)19)9-13-11(2)6-7-20-13/h3-9H,1-2H3. The first-order valence-electron chi connectivity index (χ1n) is 6.45. The summed E-state index contributed by atoms with van der Waals surface area (Å²) in [5, 5.41) is 2.03. The Bertz CT molecular complexity index is 760. The smallest absolute Gasteiger partial charge is 0.268 e. The van der Waals surface area contributed by atoms with E-state index in [-0.39, 0.29) is 5.91 Å². The molecule has 2 aromatic rings. The summed E-state index contributed by atoms with van der Waals surface area (Å²) in [7, 11) is 0. The first kappa shape index (κ1) is 14.5. The molecule has 21 heavy (non-hydrogen) atoms. The van der Waals surface area contributed by atoms with Crippen LogP contribution in [0.25, 0.3) is 6.08 Å². The molecule has 1 aromatic heterocycles. The van der Waals surface area contributed by atoms with Crippen molar-refractivity contribution in [2.24, 2.45) is 0 Å². The van der Waals surface area contributed by atoms with E-state index in [0.29, 0.717) is 9.23 Å². The molecule has 0 bridgehead atoms. The molecule has 1 amide bonds. The molecule has 5 heteroatoms. The molecule has 0 unspecified atom stereocenters. The van der Waals surface area contributed by atoms with Gasteiger partial charge < -0.3 is 0 Å². The average molecular weight is 331 g/mol. The van der Waals surface area contributed by atoms with Crippen molar-refractivity contribution in [1.82, 2.24) is 0 Å². The minimum absolute atomic E-state index is 0.0385. The maximum atomic E-state index is 12.6. The molecule has 1 aliphatic rings. The number of anilines is 1. The zero-order valence-corrected chi connectivity index (χ0v) is 14.1. The van der Waals surface area contributed by atoms with Crippen molar-refractivity contribution in [2.45, 2.75) is 13.8 Å². The zero-order chi connectivity index (χ0) is 15.0. The molecule has 1 aliphatic heterocycles. The number of thioether (sulfide) groups is 1. The van der Waals surface area contributed by atoms with Gasteiger partial charge in [0.25, 0.3) is 5.91 Å². The molecule has 0 saturated carbocycles. The van der Waals surface area contributed by atoms with Gasteiger partial charge in [0.2, 0.25) is 0 Å². The number of amides is 1. The van der Waals surface area contributed by atoms with E-state index in [0.717, 1.165) is 16.1 Å². The normalized spacial score (nSPS) is 17.0. The predicted molar refractivity (Wildman–Crippen MR) is 95.9 cm³/mol. The van der Waals surface area contributed by atoms with E-state index in [1.165, 1.54) is 17.3 Å². The molecule has 2 heterocycles. The minimum atomic E-state index is -0.0385. The summed E-state index contributed by atoms with van der Waals surface area (Å²) >= 11 is 8.38. The average Bonchev–Trinajstić information content (AvgIpc) is 2.95. The second kappa shape index (κ2) is 5.75. The number of thiocarbonyl (C=S) groups is 1. The van der Waals surface area contributed by atoms with Crippen LogP contribution < -0.4 is 4.90 Å². The Balaban J connectivity index is 1.96. The van der Waals surface area contributed by atoms with Crippen LogP contribution in [0.2, 0.25) is 0 Å². The summed E-state index contributed by atoms with van der Waals surface area (Å²) in [4.78, 5) is 16.0. The highest BCUT2D eigenvalue weighted by molar-refractivity contribution is 8.27. The van der Waals surface area contributed by atoms with Crippen LogP contribution >= 0.6 is 35.3 Å². The van der Waals surface area contributed by atoms with Gasteiger partial charge in [-0.2, -0.15) is 0 Å². The Morgan fingerprint density at radius 1 is 1.24 bits per heavy atom. The summed E-state index contributed by atoms with van der Waals surface area (Å²) < 4.78 is 0.589. The lowest BCUT2D eigenvalue weighted by atomic mass is 10.2. The predicted octanol–water partition coefficient (Wildman–Crippen LogP) is 4.77. The van der Waals surface area contributed by atoms with Gasteiger partial charge in [-0.05, 0) is 54.6 Å². The van der Waals surface area contributed by atoms with Gasteiger partial charge in [-0.3, -0.25) is 9.69 Å². The van der Waals surface area contributed by atoms with E-state index >= 15 is 0 Å². The zero-order valence-electron chi connectivity index (χ0n) is 11.6. The van der Waals surface area contributed by atoms with Crippen LogP contribution in [-0.4, -0.2) is 10.2 Å². The van der Waals surface area contributed by atoms with Crippen molar-refractivity contribution in [2.75, 3.05) is 4.90 Å². The molecule has 0 atom stereocenters. The van der Waals surface area contributed by atoms with Crippen LogP contribution in [0.3, 0.4) is 0 Å². The molecule has 1 fully saturated rings. The van der Waals surface area contributed by atoms with E-state index in [4.69, 9.17) is 12.2 Å². The third-order valence-electron chi connectivity index (χ3n) is 3.22. The number of hydrogen-bond donors (Lipinski definition) is 0. The highest BCUT2D eigenvalue weighted by atomic mass is 32.2. The van der Waals surface area contributed by atoms with Gasteiger partial charge >= 0.3 is 0 Å². The molecule has 106 valence electrons. The summed E-state index contributed by atoms with van der Waals surface area (Å²) in [6.45, 7) is 4.05. The number of carbonyl (C=O) groups is 1. The fourth-order valence-electron chi connectivity index (χ4n) is 2.11. The van der Waals surface area contributed by atoms with Crippen LogP contribution in [-0.2, 0) is 4.79 Å². The Labute approximate surface area is 137 Å². The minimum Gasteiger partial charge on any atom is -0.268 e. The van der Waals surface area contributed by atoms with E-state index in [9.17, 15) is 4.79 Å². The second-order valence-corrected chi connectivity index (χ2v) is 7.45. The summed E-state index contributed by atoms with van der Waals surface area (Å²) in [6.07, 6.45) is 1.94. The first-order valence-corrected chi connectivity index (χ1v) is 8.55. The largest absolute Gasteiger partial charge is 0.270 e. The Morgan fingerprint density at radius 2 is 2.05 bits per heavy atom. The molecular formula is C16H13NOS3. The van der Waals surface area contributed by atoms with Crippen molar-refractivity contribution >= 4 is 57.3 Å². The number of benzene rings is 1. The first-order chi connectivity index (χ1) is 10.1. The van der Waals surface area contributed by atoms with Gasteiger partial charge in [0.05, 0.1) is 10.6 Å². The molecule has 0 aliphatic carbocycles. The van der Waals surface area contributed by atoms with E-state index in [1.54, 1.807) is 16.2 Å². The lowest BCUT2D eigenvalue weighted by Gasteiger charge is -2.14. The van der Waals surface area contributed by atoms with Crippen molar-refractivity contribution in [3.05, 3.63) is 56.6 Å². The molecule has 1 saturated heterocycles. The fraction of sp³-hybridized carbons (Fsp3) is 0.125.